The first-order chi connectivity index (χ1) is 9.71. The Hall–Kier alpha value is -1.38. The number of rotatable bonds is 6. The lowest BCUT2D eigenvalue weighted by atomic mass is 9.77. The van der Waals surface area contributed by atoms with Gasteiger partial charge in [-0.15, -0.1) is 6.58 Å². The Morgan fingerprint density at radius 3 is 2.90 bits per heavy atom. The third-order valence-corrected chi connectivity index (χ3v) is 4.25. The van der Waals surface area contributed by atoms with Crippen LogP contribution in [0.2, 0.25) is 0 Å². The molecule has 2 heteroatoms. The average molecular weight is 271 g/mol. The van der Waals surface area contributed by atoms with Crippen molar-refractivity contribution in [3.8, 4) is 0 Å². The number of hydrogen-bond donors (Lipinski definition) is 1. The minimum atomic E-state index is 0.00997. The monoisotopic (exact) mass is 271 g/mol. The molecule has 1 atom stereocenters. The summed E-state index contributed by atoms with van der Waals surface area (Å²) in [4.78, 5) is 2.45. The molecule has 1 aliphatic heterocycles. The Bertz CT molecular complexity index is 468. The summed E-state index contributed by atoms with van der Waals surface area (Å²) in [6.45, 7) is 10.9. The van der Waals surface area contributed by atoms with E-state index in [-0.39, 0.29) is 12.0 Å². The summed E-state index contributed by atoms with van der Waals surface area (Å²) in [5.41, 5.74) is 2.49. The van der Waals surface area contributed by atoms with Crippen LogP contribution in [0.3, 0.4) is 0 Å². The van der Waals surface area contributed by atoms with Crippen LogP contribution in [0.4, 0.5) is 0 Å². The first-order valence-electron chi connectivity index (χ1n) is 7.37. The molecule has 1 saturated heterocycles. The van der Waals surface area contributed by atoms with Crippen molar-refractivity contribution in [2.24, 2.45) is 5.41 Å². The molecular formula is C18H25NO. The van der Waals surface area contributed by atoms with E-state index in [1.54, 1.807) is 0 Å². The number of hydrogen-bond acceptors (Lipinski definition) is 2. The van der Waals surface area contributed by atoms with E-state index in [4.69, 9.17) is 0 Å². The van der Waals surface area contributed by atoms with Gasteiger partial charge < -0.3 is 5.11 Å². The van der Waals surface area contributed by atoms with Gasteiger partial charge in [-0.3, -0.25) is 4.90 Å². The van der Waals surface area contributed by atoms with Crippen LogP contribution in [-0.4, -0.2) is 29.7 Å². The topological polar surface area (TPSA) is 23.5 Å². The van der Waals surface area contributed by atoms with Crippen LogP contribution >= 0.6 is 0 Å². The van der Waals surface area contributed by atoms with Gasteiger partial charge in [-0.2, -0.15) is 0 Å². The lowest BCUT2D eigenvalue weighted by molar-refractivity contribution is 0.0309. The first kappa shape index (κ1) is 15.0. The number of nitrogens with zero attached hydrogens (tertiary/aromatic N) is 1. The van der Waals surface area contributed by atoms with Gasteiger partial charge in [0.2, 0.25) is 0 Å². The Morgan fingerprint density at radius 1 is 1.35 bits per heavy atom. The highest BCUT2D eigenvalue weighted by Crippen LogP contribution is 2.34. The summed E-state index contributed by atoms with van der Waals surface area (Å²) < 4.78 is 0. The van der Waals surface area contributed by atoms with Crippen LogP contribution < -0.4 is 0 Å². The van der Waals surface area contributed by atoms with Crippen LogP contribution in [0.5, 0.6) is 0 Å². The SMILES string of the molecule is C=CC[C@@]1(CO)CCCN(Cc2cccc(C=C)c2)C1. The highest BCUT2D eigenvalue weighted by Gasteiger charge is 2.33. The second-order valence-electron chi connectivity index (χ2n) is 5.91. The second kappa shape index (κ2) is 6.87. The molecule has 2 rings (SSSR count). The lowest BCUT2D eigenvalue weighted by Gasteiger charge is -2.41. The van der Waals surface area contributed by atoms with Crippen molar-refractivity contribution in [2.75, 3.05) is 19.7 Å². The molecule has 1 aromatic carbocycles. The molecular weight excluding hydrogens is 246 g/mol. The Morgan fingerprint density at radius 2 is 2.20 bits per heavy atom. The van der Waals surface area contributed by atoms with Gasteiger partial charge in [-0.25, -0.2) is 0 Å². The third-order valence-electron chi connectivity index (χ3n) is 4.25. The van der Waals surface area contributed by atoms with E-state index in [1.807, 2.05) is 12.2 Å². The summed E-state index contributed by atoms with van der Waals surface area (Å²) in [6.07, 6.45) is 6.97. The van der Waals surface area contributed by atoms with Crippen molar-refractivity contribution in [1.82, 2.24) is 4.90 Å². The second-order valence-corrected chi connectivity index (χ2v) is 5.91. The lowest BCUT2D eigenvalue weighted by Crippen LogP contribution is -2.44. The molecule has 0 saturated carbocycles. The minimum Gasteiger partial charge on any atom is -0.396 e. The summed E-state index contributed by atoms with van der Waals surface area (Å²) in [7, 11) is 0. The van der Waals surface area contributed by atoms with Crippen LogP contribution in [0.15, 0.2) is 43.5 Å². The van der Waals surface area contributed by atoms with E-state index in [9.17, 15) is 5.11 Å². The van der Waals surface area contributed by atoms with E-state index < -0.39 is 0 Å². The molecule has 1 aromatic rings. The Balaban J connectivity index is 2.05. The fraction of sp³-hybridized carbons (Fsp3) is 0.444. The maximum Gasteiger partial charge on any atom is 0.0502 e. The van der Waals surface area contributed by atoms with Crippen molar-refractivity contribution >= 4 is 6.08 Å². The molecule has 0 radical (unpaired) electrons. The fourth-order valence-electron chi connectivity index (χ4n) is 3.19. The summed E-state index contributed by atoms with van der Waals surface area (Å²) >= 11 is 0. The summed E-state index contributed by atoms with van der Waals surface area (Å²) in [6, 6.07) is 8.51. The molecule has 0 unspecified atom stereocenters. The summed E-state index contributed by atoms with van der Waals surface area (Å²) in [5, 5.41) is 9.75. The van der Waals surface area contributed by atoms with Gasteiger partial charge in [-0.05, 0) is 36.9 Å². The van der Waals surface area contributed by atoms with Gasteiger partial charge in [0.15, 0.2) is 0 Å². The van der Waals surface area contributed by atoms with Crippen LogP contribution in [0, 0.1) is 5.41 Å². The number of piperidine rings is 1. The van der Waals surface area contributed by atoms with Gasteiger partial charge in [0.1, 0.15) is 0 Å². The van der Waals surface area contributed by atoms with E-state index in [2.05, 4.69) is 42.3 Å². The molecule has 108 valence electrons. The van der Waals surface area contributed by atoms with Gasteiger partial charge >= 0.3 is 0 Å². The fourth-order valence-corrected chi connectivity index (χ4v) is 3.19. The van der Waals surface area contributed by atoms with E-state index >= 15 is 0 Å². The van der Waals surface area contributed by atoms with Gasteiger partial charge in [0.05, 0.1) is 6.61 Å². The van der Waals surface area contributed by atoms with E-state index in [1.165, 1.54) is 11.1 Å². The van der Waals surface area contributed by atoms with Crippen LogP contribution in [-0.2, 0) is 6.54 Å². The van der Waals surface area contributed by atoms with Crippen molar-refractivity contribution in [3.05, 3.63) is 54.6 Å². The highest BCUT2D eigenvalue weighted by atomic mass is 16.3. The van der Waals surface area contributed by atoms with Gasteiger partial charge in [0, 0.05) is 18.5 Å². The zero-order chi connectivity index (χ0) is 14.4. The van der Waals surface area contributed by atoms with Crippen molar-refractivity contribution < 1.29 is 5.11 Å². The molecule has 20 heavy (non-hydrogen) atoms. The maximum atomic E-state index is 9.75. The molecule has 1 aliphatic rings. The predicted molar refractivity (Wildman–Crippen MR) is 85.4 cm³/mol. The number of allylic oxidation sites excluding steroid dienone is 1. The summed E-state index contributed by atoms with van der Waals surface area (Å²) in [5.74, 6) is 0. The first-order valence-corrected chi connectivity index (χ1v) is 7.37. The van der Waals surface area contributed by atoms with Crippen molar-refractivity contribution in [2.45, 2.75) is 25.8 Å². The molecule has 0 amide bonds. The molecule has 1 heterocycles. The zero-order valence-corrected chi connectivity index (χ0v) is 12.2. The molecule has 0 aromatic heterocycles. The van der Waals surface area contributed by atoms with E-state index in [0.717, 1.165) is 38.9 Å². The molecule has 0 aliphatic carbocycles. The number of likely N-dealkylation sites (tertiary alicyclic amines) is 1. The molecule has 0 spiro atoms. The minimum absolute atomic E-state index is 0.00997. The normalized spacial score (nSPS) is 23.4. The van der Waals surface area contributed by atoms with Crippen molar-refractivity contribution in [3.63, 3.8) is 0 Å². The maximum absolute atomic E-state index is 9.75. The highest BCUT2D eigenvalue weighted by molar-refractivity contribution is 5.47. The molecule has 2 nitrogen and oxygen atoms in total. The van der Waals surface area contributed by atoms with Gasteiger partial charge in [0.25, 0.3) is 0 Å². The largest absolute Gasteiger partial charge is 0.396 e. The number of aliphatic hydroxyl groups excluding tert-OH is 1. The third kappa shape index (κ3) is 3.59. The van der Waals surface area contributed by atoms with Crippen molar-refractivity contribution in [1.29, 1.82) is 0 Å². The smallest absolute Gasteiger partial charge is 0.0502 e. The molecule has 1 N–H and O–H groups in total. The molecule has 0 bridgehead atoms. The van der Waals surface area contributed by atoms with E-state index in [0.29, 0.717) is 0 Å². The standard InChI is InChI=1S/C18H25NO/c1-3-9-18(15-20)10-6-11-19(14-18)13-17-8-5-7-16(4-2)12-17/h3-5,7-8,12,20H,1-2,6,9-11,13-15H2/t18-/m1/s1. The number of aliphatic hydroxyl groups is 1. The predicted octanol–water partition coefficient (Wildman–Crippen LogP) is 3.48. The van der Waals surface area contributed by atoms with Crippen LogP contribution in [0.1, 0.15) is 30.4 Å². The Kier molecular flexibility index (Phi) is 5.16. The van der Waals surface area contributed by atoms with Gasteiger partial charge in [-0.1, -0.05) is 43.0 Å². The van der Waals surface area contributed by atoms with Crippen LogP contribution in [0.25, 0.3) is 6.08 Å². The zero-order valence-electron chi connectivity index (χ0n) is 12.2. The molecule has 1 fully saturated rings. The average Bonchev–Trinajstić information content (AvgIpc) is 2.48. The quantitative estimate of drug-likeness (QED) is 0.801. The number of benzene rings is 1. The Labute approximate surface area is 122 Å².